The number of alkyl halides is 6. The largest absolute Gasteiger partial charge is 0.479 e. The lowest BCUT2D eigenvalue weighted by Crippen LogP contribution is -2.54. The molecule has 2 aromatic carbocycles. The number of hydrogen-bond donors (Lipinski definition) is 1. The number of carboxylic acids is 1. The van der Waals surface area contributed by atoms with Gasteiger partial charge in [0.05, 0.1) is 19.8 Å². The molecule has 2 rings (SSSR count). The lowest BCUT2D eigenvalue weighted by molar-refractivity contribution is -0.279. The summed E-state index contributed by atoms with van der Waals surface area (Å²) in [6, 6.07) is 16.4. The molecule has 0 saturated heterocycles. The Hall–Kier alpha value is -3.64. The van der Waals surface area contributed by atoms with Crippen molar-refractivity contribution in [1.82, 2.24) is 0 Å². The summed E-state index contributed by atoms with van der Waals surface area (Å²) in [5.74, 6) is -3.52. The first-order chi connectivity index (χ1) is 18.7. The molecule has 0 aromatic heterocycles. The highest BCUT2D eigenvalue weighted by molar-refractivity contribution is 5.81. The van der Waals surface area contributed by atoms with Gasteiger partial charge >= 0.3 is 24.3 Å². The zero-order valence-electron chi connectivity index (χ0n) is 21.6. The lowest BCUT2D eigenvalue weighted by atomic mass is 9.98. The predicted octanol–water partition coefficient (Wildman–Crippen LogP) is 6.81. The van der Waals surface area contributed by atoms with Crippen LogP contribution in [0.1, 0.15) is 30.9 Å². The molecule has 2 unspecified atom stereocenters. The topological polar surface area (TPSA) is 82.1 Å². The van der Waals surface area contributed by atoms with E-state index in [1.165, 1.54) is 6.92 Å². The molecule has 6 nitrogen and oxygen atoms in total. The summed E-state index contributed by atoms with van der Waals surface area (Å²) in [4.78, 5) is 22.8. The van der Waals surface area contributed by atoms with Gasteiger partial charge in [0.25, 0.3) is 11.2 Å². The fourth-order valence-corrected chi connectivity index (χ4v) is 3.26. The number of carbonyl (C=O) groups excluding carboxylic acids is 1. The second-order valence-electron chi connectivity index (χ2n) is 8.21. The molecule has 0 heterocycles. The molecule has 0 fully saturated rings. The Morgan fingerprint density at radius 1 is 0.750 bits per heavy atom. The van der Waals surface area contributed by atoms with Crippen molar-refractivity contribution in [1.29, 1.82) is 0 Å². The maximum atomic E-state index is 13.4. The maximum Gasteiger partial charge on any atom is 0.428 e. The molecule has 0 saturated carbocycles. The number of esters is 1. The molecule has 40 heavy (non-hydrogen) atoms. The zero-order valence-corrected chi connectivity index (χ0v) is 21.6. The van der Waals surface area contributed by atoms with Gasteiger partial charge in [-0.3, -0.25) is 0 Å². The molecule has 0 spiro atoms. The number of carbonyl (C=O) groups is 2. The minimum absolute atomic E-state index is 0.164. The Bertz CT molecular complexity index is 1090. The molecular formula is C28H30F6O6. The fraction of sp³-hybridized carbons (Fsp3) is 0.357. The second kappa shape index (κ2) is 15.2. The van der Waals surface area contributed by atoms with Crippen LogP contribution < -0.4 is 0 Å². The van der Waals surface area contributed by atoms with Crippen LogP contribution in [0.3, 0.4) is 0 Å². The molecule has 2 aromatic rings. The molecule has 0 aliphatic rings. The molecule has 0 amide bonds. The van der Waals surface area contributed by atoms with Crippen molar-refractivity contribution >= 4 is 11.9 Å². The van der Waals surface area contributed by atoms with Gasteiger partial charge in [-0.2, -0.15) is 26.3 Å². The first-order valence-electron chi connectivity index (χ1n) is 11.8. The van der Waals surface area contributed by atoms with E-state index in [1.807, 2.05) is 0 Å². The molecular weight excluding hydrogens is 546 g/mol. The third-order valence-electron chi connectivity index (χ3n) is 5.39. The van der Waals surface area contributed by atoms with Crippen molar-refractivity contribution in [3.05, 3.63) is 97.1 Å². The number of benzene rings is 2. The quantitative estimate of drug-likeness (QED) is 0.160. The SMILES string of the molecule is C=CCC(OCc1ccccc1)(C(=O)O)C(F)(F)F.C=CCC(OCc1ccccc1)(C(=O)OCC)C(F)(F)F. The van der Waals surface area contributed by atoms with Crippen LogP contribution in [0.2, 0.25) is 0 Å². The van der Waals surface area contributed by atoms with E-state index in [1.54, 1.807) is 60.7 Å². The maximum absolute atomic E-state index is 13.4. The highest BCUT2D eigenvalue weighted by Gasteiger charge is 2.63. The van der Waals surface area contributed by atoms with Gasteiger partial charge in [0.2, 0.25) is 0 Å². The van der Waals surface area contributed by atoms with E-state index in [9.17, 15) is 35.9 Å². The summed E-state index contributed by atoms with van der Waals surface area (Å²) >= 11 is 0. The van der Waals surface area contributed by atoms with Gasteiger partial charge in [-0.15, -0.1) is 13.2 Å². The number of rotatable bonds is 13. The van der Waals surface area contributed by atoms with Crippen LogP contribution in [-0.2, 0) is 37.0 Å². The third kappa shape index (κ3) is 8.95. The van der Waals surface area contributed by atoms with Crippen molar-refractivity contribution in [3.63, 3.8) is 0 Å². The van der Waals surface area contributed by atoms with E-state index in [2.05, 4.69) is 22.6 Å². The van der Waals surface area contributed by atoms with E-state index < -0.39 is 54.9 Å². The number of ether oxygens (including phenoxy) is 3. The highest BCUT2D eigenvalue weighted by Crippen LogP contribution is 2.39. The van der Waals surface area contributed by atoms with Gasteiger partial charge in [-0.1, -0.05) is 72.8 Å². The standard InChI is InChI=1S/C15H17F3O3.C13H13F3O3/c1-3-10-14(15(16,17)18,13(19)20-4-2)21-11-12-8-6-5-7-9-12;1-2-8-12(11(17)18,13(14,15)16)19-9-10-6-4-3-5-7-10/h3,5-9H,1,4,10-11H2,2H3;2-7H,1,8-9H2,(H,17,18). The molecule has 2 atom stereocenters. The van der Waals surface area contributed by atoms with Crippen molar-refractivity contribution in [2.45, 2.75) is 56.5 Å². The number of halogens is 6. The number of carboxylic acid groups (broad SMARTS) is 1. The van der Waals surface area contributed by atoms with E-state index >= 15 is 0 Å². The fourth-order valence-electron chi connectivity index (χ4n) is 3.26. The van der Waals surface area contributed by atoms with Gasteiger partial charge in [0.15, 0.2) is 0 Å². The smallest absolute Gasteiger partial charge is 0.428 e. The van der Waals surface area contributed by atoms with E-state index in [4.69, 9.17) is 9.84 Å². The van der Waals surface area contributed by atoms with Crippen LogP contribution in [0.25, 0.3) is 0 Å². The van der Waals surface area contributed by atoms with E-state index in [0.717, 1.165) is 12.2 Å². The van der Waals surface area contributed by atoms with Gasteiger partial charge in [-0.25, -0.2) is 9.59 Å². The number of hydrogen-bond acceptors (Lipinski definition) is 5. The molecule has 1 N–H and O–H groups in total. The first kappa shape index (κ1) is 34.4. The van der Waals surface area contributed by atoms with Crippen molar-refractivity contribution in [2.75, 3.05) is 6.61 Å². The lowest BCUT2D eigenvalue weighted by Gasteiger charge is -2.32. The third-order valence-corrected chi connectivity index (χ3v) is 5.39. The van der Waals surface area contributed by atoms with Crippen LogP contribution in [0, 0.1) is 0 Å². The van der Waals surface area contributed by atoms with Gasteiger partial charge in [0, 0.05) is 12.8 Å². The van der Waals surface area contributed by atoms with Crippen LogP contribution in [0.5, 0.6) is 0 Å². The highest BCUT2D eigenvalue weighted by atomic mass is 19.4. The summed E-state index contributed by atoms with van der Waals surface area (Å²) in [6.45, 7) is 6.89. The van der Waals surface area contributed by atoms with Crippen molar-refractivity contribution < 1.29 is 55.2 Å². The summed E-state index contributed by atoms with van der Waals surface area (Å²) in [7, 11) is 0. The van der Waals surface area contributed by atoms with Crippen LogP contribution >= 0.6 is 0 Å². The van der Waals surface area contributed by atoms with Crippen molar-refractivity contribution in [3.8, 4) is 0 Å². The van der Waals surface area contributed by atoms with Crippen LogP contribution in [-0.4, -0.2) is 47.2 Å². The minimum atomic E-state index is -5.03. The summed E-state index contributed by atoms with van der Waals surface area (Å²) < 4.78 is 93.2. The zero-order chi connectivity index (χ0) is 30.5. The van der Waals surface area contributed by atoms with Gasteiger partial charge < -0.3 is 19.3 Å². The number of aliphatic carboxylic acids is 1. The minimum Gasteiger partial charge on any atom is -0.479 e. The Morgan fingerprint density at radius 3 is 1.45 bits per heavy atom. The Morgan fingerprint density at radius 2 is 1.12 bits per heavy atom. The Kier molecular flexibility index (Phi) is 13.1. The summed E-state index contributed by atoms with van der Waals surface area (Å²) in [6.07, 6.45) is -9.60. The Labute approximate surface area is 227 Å². The van der Waals surface area contributed by atoms with E-state index in [-0.39, 0.29) is 13.2 Å². The summed E-state index contributed by atoms with van der Waals surface area (Å²) in [5, 5.41) is 8.88. The first-order valence-corrected chi connectivity index (χ1v) is 11.8. The Balaban J connectivity index is 0.000000402. The molecule has 12 heteroatoms. The van der Waals surface area contributed by atoms with Crippen molar-refractivity contribution in [2.24, 2.45) is 0 Å². The summed E-state index contributed by atoms with van der Waals surface area (Å²) in [5.41, 5.74) is -5.30. The molecule has 0 bridgehead atoms. The molecule has 0 aliphatic heterocycles. The molecule has 0 aliphatic carbocycles. The average molecular weight is 577 g/mol. The average Bonchev–Trinajstić information content (AvgIpc) is 2.89. The normalized spacial score (nSPS) is 14.5. The van der Waals surface area contributed by atoms with Crippen LogP contribution in [0.4, 0.5) is 26.3 Å². The van der Waals surface area contributed by atoms with Gasteiger partial charge in [0.1, 0.15) is 0 Å². The van der Waals surface area contributed by atoms with E-state index in [0.29, 0.717) is 11.1 Å². The van der Waals surface area contributed by atoms with Crippen LogP contribution in [0.15, 0.2) is 86.0 Å². The monoisotopic (exact) mass is 576 g/mol. The molecule has 220 valence electrons. The molecule has 0 radical (unpaired) electrons. The second-order valence-corrected chi connectivity index (χ2v) is 8.21. The predicted molar refractivity (Wildman–Crippen MR) is 134 cm³/mol. The van der Waals surface area contributed by atoms with Gasteiger partial charge in [-0.05, 0) is 18.1 Å².